The molecule has 0 bridgehead atoms. The lowest BCUT2D eigenvalue weighted by Crippen LogP contribution is -2.40. The van der Waals surface area contributed by atoms with E-state index in [4.69, 9.17) is 4.55 Å². The van der Waals surface area contributed by atoms with Gasteiger partial charge in [0.1, 0.15) is 5.75 Å². The van der Waals surface area contributed by atoms with E-state index in [1.54, 1.807) is 6.92 Å². The van der Waals surface area contributed by atoms with Gasteiger partial charge in [-0.1, -0.05) is 12.1 Å². The number of hydrogen-bond acceptors (Lipinski definition) is 5. The van der Waals surface area contributed by atoms with Crippen molar-refractivity contribution in [1.82, 2.24) is 0 Å². The van der Waals surface area contributed by atoms with Crippen LogP contribution in [0.4, 0.5) is 8.78 Å². The molecule has 0 radical (unpaired) electrons. The number of esters is 1. The average Bonchev–Trinajstić information content (AvgIpc) is 2.78. The monoisotopic (exact) mass is 350 g/mol. The number of carbonyl (C=O) groups excluding carboxylic acids is 1. The van der Waals surface area contributed by atoms with E-state index < -0.39 is 26.9 Å². The molecule has 0 spiro atoms. The second kappa shape index (κ2) is 5.81. The summed E-state index contributed by atoms with van der Waals surface area (Å²) in [4.78, 5) is 11.2. The van der Waals surface area contributed by atoms with Crippen molar-refractivity contribution in [2.45, 2.75) is 43.0 Å². The Hall–Kier alpha value is -1.58. The van der Waals surface area contributed by atoms with Gasteiger partial charge < -0.3 is 9.84 Å². The molecule has 0 aliphatic heterocycles. The maximum Gasteiger partial charge on any atom is 0.466 e. The third-order valence-electron chi connectivity index (χ3n) is 3.98. The summed E-state index contributed by atoms with van der Waals surface area (Å²) in [5.74, 6) is -2.80. The molecule has 1 aromatic rings. The molecule has 0 amide bonds. The molecule has 23 heavy (non-hydrogen) atoms. The molecular formula is C14H16F2O6S. The van der Waals surface area contributed by atoms with Crippen LogP contribution in [0.15, 0.2) is 24.3 Å². The fraction of sp³-hybridized carbons (Fsp3) is 0.500. The largest absolute Gasteiger partial charge is 0.466 e. The smallest absolute Gasteiger partial charge is 0.421 e. The van der Waals surface area contributed by atoms with Gasteiger partial charge in [-0.2, -0.15) is 17.2 Å². The summed E-state index contributed by atoms with van der Waals surface area (Å²) in [6.45, 7) is 1.71. The van der Waals surface area contributed by atoms with Crippen molar-refractivity contribution in [2.24, 2.45) is 0 Å². The molecule has 0 heterocycles. The highest BCUT2D eigenvalue weighted by molar-refractivity contribution is 7.87. The van der Waals surface area contributed by atoms with Crippen molar-refractivity contribution >= 4 is 16.1 Å². The Kier molecular flexibility index (Phi) is 4.49. The van der Waals surface area contributed by atoms with E-state index in [0.29, 0.717) is 6.42 Å². The zero-order chi connectivity index (χ0) is 17.5. The van der Waals surface area contributed by atoms with Crippen LogP contribution in [0, 0.1) is 0 Å². The van der Waals surface area contributed by atoms with Crippen LogP contribution in [0.3, 0.4) is 0 Å². The molecule has 1 aliphatic carbocycles. The maximum atomic E-state index is 13.1. The third kappa shape index (κ3) is 3.51. The van der Waals surface area contributed by atoms with Gasteiger partial charge in [0.25, 0.3) is 0 Å². The first-order chi connectivity index (χ1) is 10.4. The first-order valence-electron chi connectivity index (χ1n) is 6.84. The average molecular weight is 350 g/mol. The molecule has 2 rings (SSSR count). The molecule has 1 aliphatic rings. The molecule has 1 saturated carbocycles. The molecule has 0 aromatic heterocycles. The van der Waals surface area contributed by atoms with Gasteiger partial charge in [0.05, 0.1) is 5.60 Å². The van der Waals surface area contributed by atoms with Crippen molar-refractivity contribution in [3.63, 3.8) is 0 Å². The standard InChI is InChI=1S/C14H16F2O6S/c1-13(18)8-2-3-11(13)9-4-6-10(7-5-9)22-12(17)14(15,16)23(19,20)21/h4-7,11,18H,2-3,8H2,1H3,(H,19,20,21). The number of aliphatic hydroxyl groups is 1. The highest BCUT2D eigenvalue weighted by Crippen LogP contribution is 2.42. The number of rotatable bonds is 4. The fourth-order valence-corrected chi connectivity index (χ4v) is 2.97. The van der Waals surface area contributed by atoms with E-state index in [1.165, 1.54) is 24.3 Å². The lowest BCUT2D eigenvalue weighted by Gasteiger charge is -2.26. The Balaban J connectivity index is 2.14. The van der Waals surface area contributed by atoms with Gasteiger partial charge in [0, 0.05) is 5.92 Å². The van der Waals surface area contributed by atoms with E-state index >= 15 is 0 Å². The molecule has 2 unspecified atom stereocenters. The van der Waals surface area contributed by atoms with E-state index in [1.807, 2.05) is 0 Å². The summed E-state index contributed by atoms with van der Waals surface area (Å²) < 4.78 is 59.7. The van der Waals surface area contributed by atoms with Crippen LogP contribution in [0.2, 0.25) is 0 Å². The van der Waals surface area contributed by atoms with Crippen molar-refractivity contribution in [2.75, 3.05) is 0 Å². The molecule has 2 atom stereocenters. The Morgan fingerprint density at radius 2 is 1.91 bits per heavy atom. The molecule has 6 nitrogen and oxygen atoms in total. The zero-order valence-corrected chi connectivity index (χ0v) is 13.0. The summed E-state index contributed by atoms with van der Waals surface area (Å²) in [7, 11) is -5.90. The topological polar surface area (TPSA) is 101 Å². The van der Waals surface area contributed by atoms with Gasteiger partial charge in [0.15, 0.2) is 0 Å². The Bertz CT molecular complexity index is 696. The Morgan fingerprint density at radius 1 is 1.35 bits per heavy atom. The van der Waals surface area contributed by atoms with Crippen LogP contribution in [0.5, 0.6) is 5.75 Å². The van der Waals surface area contributed by atoms with Crippen molar-refractivity contribution in [1.29, 1.82) is 0 Å². The van der Waals surface area contributed by atoms with Crippen LogP contribution in [0.1, 0.15) is 37.7 Å². The first-order valence-corrected chi connectivity index (χ1v) is 8.28. The molecule has 2 N–H and O–H groups in total. The van der Waals surface area contributed by atoms with E-state index in [9.17, 15) is 27.1 Å². The zero-order valence-electron chi connectivity index (χ0n) is 12.2. The van der Waals surface area contributed by atoms with Gasteiger partial charge in [-0.25, -0.2) is 4.79 Å². The fourth-order valence-electron chi connectivity index (χ4n) is 2.71. The van der Waals surface area contributed by atoms with Gasteiger partial charge >= 0.3 is 21.3 Å². The van der Waals surface area contributed by atoms with Crippen LogP contribution >= 0.6 is 0 Å². The van der Waals surface area contributed by atoms with E-state index in [2.05, 4.69) is 4.74 Å². The molecule has 1 aromatic carbocycles. The highest BCUT2D eigenvalue weighted by atomic mass is 32.2. The predicted octanol–water partition coefficient (Wildman–Crippen LogP) is 2.09. The van der Waals surface area contributed by atoms with Crippen LogP contribution in [0.25, 0.3) is 0 Å². The summed E-state index contributed by atoms with van der Waals surface area (Å²) in [5.41, 5.74) is -0.107. The maximum absolute atomic E-state index is 13.1. The van der Waals surface area contributed by atoms with Crippen LogP contribution < -0.4 is 4.74 Å². The summed E-state index contributed by atoms with van der Waals surface area (Å²) >= 11 is 0. The van der Waals surface area contributed by atoms with E-state index in [0.717, 1.165) is 18.4 Å². The number of halogens is 2. The third-order valence-corrected chi connectivity index (χ3v) is 4.80. The van der Waals surface area contributed by atoms with Gasteiger partial charge in [-0.15, -0.1) is 0 Å². The lowest BCUT2D eigenvalue weighted by atomic mass is 9.86. The second-order valence-electron chi connectivity index (χ2n) is 5.75. The van der Waals surface area contributed by atoms with Crippen molar-refractivity contribution < 1.29 is 36.4 Å². The number of carbonyl (C=O) groups is 1. The highest BCUT2D eigenvalue weighted by Gasteiger charge is 2.54. The van der Waals surface area contributed by atoms with Gasteiger partial charge in [-0.3, -0.25) is 4.55 Å². The SMILES string of the molecule is CC1(O)CCCC1c1ccc(OC(=O)C(F)(F)S(=O)(=O)O)cc1. The van der Waals surface area contributed by atoms with Gasteiger partial charge in [-0.05, 0) is 43.9 Å². The molecule has 1 fully saturated rings. The quantitative estimate of drug-likeness (QED) is 0.490. The van der Waals surface area contributed by atoms with Gasteiger partial charge in [0.2, 0.25) is 0 Å². The number of hydrogen-bond donors (Lipinski definition) is 2. The van der Waals surface area contributed by atoms with Crippen molar-refractivity contribution in [3.05, 3.63) is 29.8 Å². The minimum atomic E-state index is -5.90. The minimum Gasteiger partial charge on any atom is -0.421 e. The minimum absolute atomic E-state index is 0.119. The Labute approximate surface area is 131 Å². The molecular weight excluding hydrogens is 334 g/mol. The number of benzene rings is 1. The number of alkyl halides is 2. The molecule has 128 valence electrons. The molecule has 9 heteroatoms. The van der Waals surface area contributed by atoms with Crippen molar-refractivity contribution in [3.8, 4) is 5.75 Å². The van der Waals surface area contributed by atoms with E-state index in [-0.39, 0.29) is 11.7 Å². The van der Waals surface area contributed by atoms with Crippen LogP contribution in [-0.4, -0.2) is 34.9 Å². The number of ether oxygens (including phenoxy) is 1. The summed E-state index contributed by atoms with van der Waals surface area (Å²) in [6, 6.07) is 5.47. The molecule has 0 saturated heterocycles. The Morgan fingerprint density at radius 3 is 2.35 bits per heavy atom. The summed E-state index contributed by atoms with van der Waals surface area (Å²) in [6.07, 6.45) is 2.27. The second-order valence-corrected chi connectivity index (χ2v) is 7.22. The summed E-state index contributed by atoms with van der Waals surface area (Å²) in [5, 5.41) is 5.20. The van der Waals surface area contributed by atoms with Crippen LogP contribution in [-0.2, 0) is 14.9 Å². The first kappa shape index (κ1) is 17.8. The normalized spacial score (nSPS) is 25.3. The predicted molar refractivity (Wildman–Crippen MR) is 75.8 cm³/mol. The lowest BCUT2D eigenvalue weighted by molar-refractivity contribution is -0.151.